The molecule has 0 heterocycles. The van der Waals surface area contributed by atoms with Crippen LogP contribution < -0.4 is 0 Å². The van der Waals surface area contributed by atoms with Crippen LogP contribution in [-0.2, 0) is 6.42 Å². The van der Waals surface area contributed by atoms with Gasteiger partial charge in [-0.15, -0.1) is 11.6 Å². The maximum absolute atomic E-state index is 6.14. The first kappa shape index (κ1) is 13.2. The largest absolute Gasteiger partial charge is 0.126 e. The third-order valence-corrected chi connectivity index (χ3v) is 3.84. The summed E-state index contributed by atoms with van der Waals surface area (Å²) in [6.45, 7) is 4.27. The van der Waals surface area contributed by atoms with Crippen LogP contribution >= 0.6 is 11.6 Å². The van der Waals surface area contributed by atoms with E-state index in [4.69, 9.17) is 11.6 Å². The summed E-state index contributed by atoms with van der Waals surface area (Å²) >= 11 is 6.14. The van der Waals surface area contributed by atoms with E-state index >= 15 is 0 Å². The van der Waals surface area contributed by atoms with Crippen LogP contribution in [0.2, 0.25) is 0 Å². The van der Waals surface area contributed by atoms with Crippen LogP contribution in [0, 0.1) is 13.8 Å². The molecular weight excluding hydrogens is 240 g/mol. The molecule has 0 amide bonds. The van der Waals surface area contributed by atoms with E-state index in [1.54, 1.807) is 0 Å². The molecule has 0 saturated heterocycles. The molecule has 94 valence electrons. The van der Waals surface area contributed by atoms with Crippen LogP contribution in [0.25, 0.3) is 0 Å². The lowest BCUT2D eigenvalue weighted by Crippen LogP contribution is -2.05. The zero-order valence-corrected chi connectivity index (χ0v) is 11.7. The van der Waals surface area contributed by atoms with E-state index in [0.717, 1.165) is 6.42 Å². The standard InChI is InChI=1S/C17H19Cl/c1-13-7-9-15(10-8-13)17(12-18)11-16-6-4-3-5-14(16)2/h3-10,17H,11-12H2,1-2H3. The van der Waals surface area contributed by atoms with Gasteiger partial charge in [0.2, 0.25) is 0 Å². The molecule has 1 atom stereocenters. The van der Waals surface area contributed by atoms with Gasteiger partial charge in [0.25, 0.3) is 0 Å². The molecule has 1 heteroatoms. The fourth-order valence-electron chi connectivity index (χ4n) is 2.20. The molecule has 0 bridgehead atoms. The summed E-state index contributed by atoms with van der Waals surface area (Å²) in [7, 11) is 0. The number of hydrogen-bond donors (Lipinski definition) is 0. The highest BCUT2D eigenvalue weighted by Crippen LogP contribution is 2.24. The second kappa shape index (κ2) is 6.06. The summed E-state index contributed by atoms with van der Waals surface area (Å²) in [6, 6.07) is 17.3. The molecule has 0 nitrogen and oxygen atoms in total. The van der Waals surface area contributed by atoms with Gasteiger partial charge in [-0.25, -0.2) is 0 Å². The van der Waals surface area contributed by atoms with Gasteiger partial charge in [0.05, 0.1) is 0 Å². The van der Waals surface area contributed by atoms with Crippen LogP contribution in [-0.4, -0.2) is 5.88 Å². The molecule has 0 N–H and O–H groups in total. The third-order valence-electron chi connectivity index (χ3n) is 3.46. The Morgan fingerprint density at radius 3 is 2.22 bits per heavy atom. The van der Waals surface area contributed by atoms with Crippen molar-refractivity contribution in [3.63, 3.8) is 0 Å². The molecule has 18 heavy (non-hydrogen) atoms. The van der Waals surface area contributed by atoms with Crippen molar-refractivity contribution in [2.24, 2.45) is 0 Å². The van der Waals surface area contributed by atoms with Gasteiger partial charge in [0.15, 0.2) is 0 Å². The number of rotatable bonds is 4. The monoisotopic (exact) mass is 258 g/mol. The maximum Gasteiger partial charge on any atom is 0.0295 e. The van der Waals surface area contributed by atoms with Crippen LogP contribution in [0.3, 0.4) is 0 Å². The summed E-state index contributed by atoms with van der Waals surface area (Å²) in [5.41, 5.74) is 5.37. The first-order valence-electron chi connectivity index (χ1n) is 6.37. The molecule has 0 saturated carbocycles. The number of halogens is 1. The Balaban J connectivity index is 2.20. The summed E-state index contributed by atoms with van der Waals surface area (Å²) < 4.78 is 0. The Bertz CT molecular complexity index is 499. The molecule has 0 radical (unpaired) electrons. The Hall–Kier alpha value is -1.27. The topological polar surface area (TPSA) is 0 Å². The highest BCUT2D eigenvalue weighted by atomic mass is 35.5. The van der Waals surface area contributed by atoms with Crippen molar-refractivity contribution in [1.82, 2.24) is 0 Å². The fourth-order valence-corrected chi connectivity index (χ4v) is 2.49. The van der Waals surface area contributed by atoms with Gasteiger partial charge in [-0.2, -0.15) is 0 Å². The lowest BCUT2D eigenvalue weighted by Gasteiger charge is -2.16. The Kier molecular flexibility index (Phi) is 4.43. The highest BCUT2D eigenvalue weighted by Gasteiger charge is 2.12. The van der Waals surface area contributed by atoms with Crippen molar-refractivity contribution >= 4 is 11.6 Å². The summed E-state index contributed by atoms with van der Waals surface area (Å²) in [5, 5.41) is 0. The summed E-state index contributed by atoms with van der Waals surface area (Å²) in [5.74, 6) is 1.06. The van der Waals surface area contributed by atoms with Gasteiger partial charge in [-0.05, 0) is 37.0 Å². The Labute approximate surface area is 115 Å². The predicted octanol–water partition coefficient (Wildman–Crippen LogP) is 4.87. The Morgan fingerprint density at radius 1 is 0.944 bits per heavy atom. The van der Waals surface area contributed by atoms with Gasteiger partial charge in [0, 0.05) is 11.8 Å². The van der Waals surface area contributed by atoms with Crippen LogP contribution in [0.15, 0.2) is 48.5 Å². The highest BCUT2D eigenvalue weighted by molar-refractivity contribution is 6.18. The van der Waals surface area contributed by atoms with Crippen LogP contribution in [0.4, 0.5) is 0 Å². The van der Waals surface area contributed by atoms with Gasteiger partial charge in [0.1, 0.15) is 0 Å². The second-order valence-electron chi connectivity index (χ2n) is 4.89. The van der Waals surface area contributed by atoms with E-state index in [1.165, 1.54) is 22.3 Å². The van der Waals surface area contributed by atoms with E-state index in [-0.39, 0.29) is 0 Å². The molecule has 1 unspecified atom stereocenters. The van der Waals surface area contributed by atoms with Crippen molar-refractivity contribution < 1.29 is 0 Å². The van der Waals surface area contributed by atoms with Gasteiger partial charge < -0.3 is 0 Å². The van der Waals surface area contributed by atoms with Crippen molar-refractivity contribution in [2.75, 3.05) is 5.88 Å². The van der Waals surface area contributed by atoms with Gasteiger partial charge in [-0.1, -0.05) is 54.1 Å². The predicted molar refractivity (Wildman–Crippen MR) is 79.5 cm³/mol. The lowest BCUT2D eigenvalue weighted by atomic mass is 9.91. The van der Waals surface area contributed by atoms with Crippen molar-refractivity contribution in [3.8, 4) is 0 Å². The number of hydrogen-bond acceptors (Lipinski definition) is 0. The van der Waals surface area contributed by atoms with Crippen molar-refractivity contribution in [2.45, 2.75) is 26.2 Å². The van der Waals surface area contributed by atoms with Gasteiger partial charge >= 0.3 is 0 Å². The minimum absolute atomic E-state index is 0.397. The smallest absolute Gasteiger partial charge is 0.0295 e. The first-order chi connectivity index (χ1) is 8.70. The zero-order chi connectivity index (χ0) is 13.0. The average molecular weight is 259 g/mol. The summed E-state index contributed by atoms with van der Waals surface area (Å²) in [4.78, 5) is 0. The van der Waals surface area contributed by atoms with E-state index < -0.39 is 0 Å². The maximum atomic E-state index is 6.14. The average Bonchev–Trinajstić information content (AvgIpc) is 2.39. The molecular formula is C17H19Cl. The molecule has 0 aliphatic rings. The quantitative estimate of drug-likeness (QED) is 0.687. The fraction of sp³-hybridized carbons (Fsp3) is 0.294. The van der Waals surface area contributed by atoms with E-state index in [9.17, 15) is 0 Å². The van der Waals surface area contributed by atoms with Crippen molar-refractivity contribution in [1.29, 1.82) is 0 Å². The van der Waals surface area contributed by atoms with Crippen LogP contribution in [0.5, 0.6) is 0 Å². The molecule has 0 spiro atoms. The lowest BCUT2D eigenvalue weighted by molar-refractivity contribution is 0.762. The number of benzene rings is 2. The summed E-state index contributed by atoms with van der Waals surface area (Å²) in [6.07, 6.45) is 1.01. The normalized spacial score (nSPS) is 12.4. The molecule has 0 aliphatic carbocycles. The van der Waals surface area contributed by atoms with E-state index in [2.05, 4.69) is 62.4 Å². The third kappa shape index (κ3) is 3.14. The first-order valence-corrected chi connectivity index (χ1v) is 6.91. The molecule has 0 aliphatic heterocycles. The van der Waals surface area contributed by atoms with E-state index in [0.29, 0.717) is 11.8 Å². The molecule has 0 aromatic heterocycles. The van der Waals surface area contributed by atoms with E-state index in [1.807, 2.05) is 0 Å². The SMILES string of the molecule is Cc1ccc(C(CCl)Cc2ccccc2C)cc1. The molecule has 0 fully saturated rings. The number of aryl methyl sites for hydroxylation is 2. The zero-order valence-electron chi connectivity index (χ0n) is 11.0. The van der Waals surface area contributed by atoms with Crippen molar-refractivity contribution in [3.05, 3.63) is 70.8 Å². The molecule has 2 aromatic rings. The molecule has 2 rings (SSSR count). The van der Waals surface area contributed by atoms with Gasteiger partial charge in [-0.3, -0.25) is 0 Å². The minimum Gasteiger partial charge on any atom is -0.126 e. The second-order valence-corrected chi connectivity index (χ2v) is 5.20. The Morgan fingerprint density at radius 2 is 1.61 bits per heavy atom. The minimum atomic E-state index is 0.397. The number of alkyl halides is 1. The van der Waals surface area contributed by atoms with Crippen LogP contribution in [0.1, 0.15) is 28.2 Å². The molecule has 2 aromatic carbocycles.